The van der Waals surface area contributed by atoms with Crippen LogP contribution in [0.1, 0.15) is 22.3 Å². The average Bonchev–Trinajstić information content (AvgIpc) is 2.64. The fraction of sp³-hybridized carbons (Fsp3) is 0.364. The number of carbonyl (C=O) groups excluding carboxylic acids is 2. The molecule has 0 aliphatic rings. The van der Waals surface area contributed by atoms with Crippen molar-refractivity contribution >= 4 is 11.8 Å². The SMILES string of the molecule is Cc1cccc(C)c1OCC(=O)NCCNC(=O)COc1c(C)cccc1C. The monoisotopic (exact) mass is 384 g/mol. The van der Waals surface area contributed by atoms with Gasteiger partial charge in [-0.15, -0.1) is 0 Å². The van der Waals surface area contributed by atoms with Crippen LogP contribution in [0.25, 0.3) is 0 Å². The Labute approximate surface area is 166 Å². The van der Waals surface area contributed by atoms with Crippen molar-refractivity contribution in [2.75, 3.05) is 26.3 Å². The number of benzene rings is 2. The summed E-state index contributed by atoms with van der Waals surface area (Å²) in [7, 11) is 0. The van der Waals surface area contributed by atoms with E-state index < -0.39 is 0 Å². The van der Waals surface area contributed by atoms with Crippen molar-refractivity contribution in [1.82, 2.24) is 10.6 Å². The fourth-order valence-corrected chi connectivity index (χ4v) is 2.84. The van der Waals surface area contributed by atoms with E-state index in [0.29, 0.717) is 13.1 Å². The van der Waals surface area contributed by atoms with Gasteiger partial charge in [0.2, 0.25) is 0 Å². The largest absolute Gasteiger partial charge is 0.483 e. The number of amides is 2. The highest BCUT2D eigenvalue weighted by Gasteiger charge is 2.09. The summed E-state index contributed by atoms with van der Waals surface area (Å²) in [5.41, 5.74) is 3.96. The molecule has 2 amide bonds. The molecule has 2 rings (SSSR count). The van der Waals surface area contributed by atoms with E-state index >= 15 is 0 Å². The van der Waals surface area contributed by atoms with Gasteiger partial charge in [-0.1, -0.05) is 36.4 Å². The molecule has 0 spiro atoms. The third-order valence-electron chi connectivity index (χ3n) is 4.28. The molecular formula is C22H28N2O4. The Balaban J connectivity index is 1.64. The minimum atomic E-state index is -0.233. The molecule has 0 unspecified atom stereocenters. The molecule has 2 N–H and O–H groups in total. The Hall–Kier alpha value is -3.02. The summed E-state index contributed by atoms with van der Waals surface area (Å²) < 4.78 is 11.2. The molecule has 150 valence electrons. The Bertz CT molecular complexity index is 723. The second-order valence-corrected chi connectivity index (χ2v) is 6.72. The first-order valence-electron chi connectivity index (χ1n) is 9.30. The van der Waals surface area contributed by atoms with E-state index in [2.05, 4.69) is 10.6 Å². The predicted octanol–water partition coefficient (Wildman–Crippen LogP) is 2.61. The van der Waals surface area contributed by atoms with Crippen LogP contribution >= 0.6 is 0 Å². The van der Waals surface area contributed by atoms with E-state index in [1.54, 1.807) is 0 Å². The summed E-state index contributed by atoms with van der Waals surface area (Å²) in [6.07, 6.45) is 0. The lowest BCUT2D eigenvalue weighted by atomic mass is 10.1. The summed E-state index contributed by atoms with van der Waals surface area (Å²) >= 11 is 0. The Morgan fingerprint density at radius 3 is 1.32 bits per heavy atom. The number of hydrogen-bond acceptors (Lipinski definition) is 4. The second kappa shape index (κ2) is 10.3. The number of carbonyl (C=O) groups is 2. The van der Waals surface area contributed by atoms with E-state index in [1.165, 1.54) is 0 Å². The van der Waals surface area contributed by atoms with Crippen molar-refractivity contribution < 1.29 is 19.1 Å². The number of nitrogens with one attached hydrogen (secondary N) is 2. The van der Waals surface area contributed by atoms with Crippen LogP contribution in [0.2, 0.25) is 0 Å². The summed E-state index contributed by atoms with van der Waals surface area (Å²) in [6.45, 7) is 8.29. The zero-order valence-electron chi connectivity index (χ0n) is 16.9. The number of ether oxygens (including phenoxy) is 2. The lowest BCUT2D eigenvalue weighted by Crippen LogP contribution is -2.38. The van der Waals surface area contributed by atoms with Crippen molar-refractivity contribution in [3.05, 3.63) is 58.7 Å². The number of aryl methyl sites for hydroxylation is 4. The van der Waals surface area contributed by atoms with Crippen molar-refractivity contribution in [3.8, 4) is 11.5 Å². The maximum Gasteiger partial charge on any atom is 0.258 e. The molecule has 0 bridgehead atoms. The fourth-order valence-electron chi connectivity index (χ4n) is 2.84. The molecule has 0 aliphatic heterocycles. The molecular weight excluding hydrogens is 356 g/mol. The van der Waals surface area contributed by atoms with Gasteiger partial charge in [0, 0.05) is 13.1 Å². The molecule has 0 radical (unpaired) electrons. The van der Waals surface area contributed by atoms with Crippen molar-refractivity contribution in [1.29, 1.82) is 0 Å². The number of rotatable bonds is 9. The summed E-state index contributed by atoms with van der Waals surface area (Å²) in [5.74, 6) is 0.997. The Morgan fingerprint density at radius 1 is 0.679 bits per heavy atom. The van der Waals surface area contributed by atoms with Crippen LogP contribution < -0.4 is 20.1 Å². The van der Waals surface area contributed by atoms with E-state index in [4.69, 9.17) is 9.47 Å². The van der Waals surface area contributed by atoms with Crippen molar-refractivity contribution in [2.24, 2.45) is 0 Å². The van der Waals surface area contributed by atoms with Gasteiger partial charge in [-0.3, -0.25) is 9.59 Å². The molecule has 6 nitrogen and oxygen atoms in total. The first-order chi connectivity index (χ1) is 13.4. The lowest BCUT2D eigenvalue weighted by molar-refractivity contribution is -0.124. The minimum Gasteiger partial charge on any atom is -0.483 e. The standard InChI is InChI=1S/C22H28N2O4/c1-15-7-5-8-16(2)21(15)27-13-19(25)23-11-12-24-20(26)14-28-22-17(3)9-6-10-18(22)4/h5-10H,11-14H2,1-4H3,(H,23,25)(H,24,26). The third kappa shape index (κ3) is 6.30. The molecule has 2 aromatic carbocycles. The highest BCUT2D eigenvalue weighted by molar-refractivity contribution is 5.78. The summed E-state index contributed by atoms with van der Waals surface area (Å²) in [5, 5.41) is 5.44. The maximum absolute atomic E-state index is 11.9. The van der Waals surface area contributed by atoms with Crippen LogP contribution in [-0.4, -0.2) is 38.1 Å². The molecule has 28 heavy (non-hydrogen) atoms. The lowest BCUT2D eigenvalue weighted by Gasteiger charge is -2.13. The van der Waals surface area contributed by atoms with Crippen LogP contribution in [0.5, 0.6) is 11.5 Å². The van der Waals surface area contributed by atoms with Crippen LogP contribution in [0.15, 0.2) is 36.4 Å². The zero-order chi connectivity index (χ0) is 20.5. The molecule has 0 heterocycles. The number of para-hydroxylation sites is 2. The van der Waals surface area contributed by atoms with Gasteiger partial charge in [-0.25, -0.2) is 0 Å². The highest BCUT2D eigenvalue weighted by Crippen LogP contribution is 2.22. The van der Waals surface area contributed by atoms with Gasteiger partial charge in [0.05, 0.1) is 0 Å². The van der Waals surface area contributed by atoms with Gasteiger partial charge in [0.1, 0.15) is 11.5 Å². The molecule has 0 fully saturated rings. The first-order valence-corrected chi connectivity index (χ1v) is 9.30. The predicted molar refractivity (Wildman–Crippen MR) is 109 cm³/mol. The summed E-state index contributed by atoms with van der Waals surface area (Å²) in [6, 6.07) is 11.7. The Kier molecular flexibility index (Phi) is 7.87. The van der Waals surface area contributed by atoms with E-state index in [1.807, 2.05) is 64.1 Å². The second-order valence-electron chi connectivity index (χ2n) is 6.72. The highest BCUT2D eigenvalue weighted by atomic mass is 16.5. The molecule has 0 atom stereocenters. The normalized spacial score (nSPS) is 10.3. The van der Waals surface area contributed by atoms with Gasteiger partial charge < -0.3 is 20.1 Å². The molecule has 6 heteroatoms. The summed E-state index contributed by atoms with van der Waals surface area (Å²) in [4.78, 5) is 23.8. The van der Waals surface area contributed by atoms with Gasteiger partial charge >= 0.3 is 0 Å². The van der Waals surface area contributed by atoms with E-state index in [0.717, 1.165) is 33.8 Å². The zero-order valence-corrected chi connectivity index (χ0v) is 16.9. The van der Waals surface area contributed by atoms with Crippen LogP contribution in [0, 0.1) is 27.7 Å². The number of hydrogen-bond donors (Lipinski definition) is 2. The molecule has 0 aliphatic carbocycles. The maximum atomic E-state index is 11.9. The molecule has 2 aromatic rings. The smallest absolute Gasteiger partial charge is 0.258 e. The minimum absolute atomic E-state index is 0.0602. The topological polar surface area (TPSA) is 76.7 Å². The van der Waals surface area contributed by atoms with Gasteiger partial charge in [0.15, 0.2) is 13.2 Å². The molecule has 0 aromatic heterocycles. The van der Waals surface area contributed by atoms with Crippen molar-refractivity contribution in [3.63, 3.8) is 0 Å². The molecule has 0 saturated carbocycles. The Morgan fingerprint density at radius 2 is 1.00 bits per heavy atom. The van der Waals surface area contributed by atoms with E-state index in [-0.39, 0.29) is 25.0 Å². The average molecular weight is 384 g/mol. The van der Waals surface area contributed by atoms with Crippen LogP contribution in [0.3, 0.4) is 0 Å². The van der Waals surface area contributed by atoms with Gasteiger partial charge in [-0.2, -0.15) is 0 Å². The van der Waals surface area contributed by atoms with Crippen molar-refractivity contribution in [2.45, 2.75) is 27.7 Å². The van der Waals surface area contributed by atoms with Gasteiger partial charge in [0.25, 0.3) is 11.8 Å². The first kappa shape index (κ1) is 21.3. The van der Waals surface area contributed by atoms with E-state index in [9.17, 15) is 9.59 Å². The quantitative estimate of drug-likeness (QED) is 0.652. The van der Waals surface area contributed by atoms with Gasteiger partial charge in [-0.05, 0) is 49.9 Å². The van der Waals surface area contributed by atoms with Crippen LogP contribution in [0.4, 0.5) is 0 Å². The molecule has 0 saturated heterocycles. The third-order valence-corrected chi connectivity index (χ3v) is 4.28. The van der Waals surface area contributed by atoms with Crippen LogP contribution in [-0.2, 0) is 9.59 Å².